The summed E-state index contributed by atoms with van der Waals surface area (Å²) in [6, 6.07) is 10.6. The quantitative estimate of drug-likeness (QED) is 0.627. The molecule has 2 atom stereocenters. The van der Waals surface area contributed by atoms with Crippen LogP contribution in [0.2, 0.25) is 5.02 Å². The van der Waals surface area contributed by atoms with Crippen molar-refractivity contribution < 1.29 is 4.79 Å². The third-order valence-corrected chi connectivity index (χ3v) is 6.38. The van der Waals surface area contributed by atoms with Crippen molar-refractivity contribution in [2.24, 2.45) is 5.92 Å². The molecular weight excluding hydrogens is 292 g/mol. The van der Waals surface area contributed by atoms with Crippen molar-refractivity contribution in [3.63, 3.8) is 0 Å². The topological polar surface area (TPSA) is 17.1 Å². The second-order valence-corrected chi connectivity index (χ2v) is 7.45. The molecule has 1 spiro atoms. The number of carbonyl (C=O) groups excluding carboxylic acids is 1. The molecule has 2 bridgehead atoms. The average molecular weight is 309 g/mol. The lowest BCUT2D eigenvalue weighted by atomic mass is 9.61. The van der Waals surface area contributed by atoms with Crippen LogP contribution in [-0.2, 0) is 16.6 Å². The highest BCUT2D eigenvalue weighted by Gasteiger charge is 2.55. The summed E-state index contributed by atoms with van der Waals surface area (Å²) in [6.07, 6.45) is 7.06. The Kier molecular flexibility index (Phi) is 2.48. The number of benzene rings is 2. The number of rotatable bonds is 0. The van der Waals surface area contributed by atoms with Crippen molar-refractivity contribution in [3.8, 4) is 0 Å². The van der Waals surface area contributed by atoms with Crippen molar-refractivity contribution in [1.29, 1.82) is 0 Å². The molecule has 2 unspecified atom stereocenters. The number of halogens is 1. The van der Waals surface area contributed by atoms with Gasteiger partial charge in [-0.1, -0.05) is 41.4 Å². The Morgan fingerprint density at radius 2 is 2.09 bits per heavy atom. The third kappa shape index (κ3) is 1.48. The molecule has 2 heteroatoms. The molecule has 0 heterocycles. The largest absolute Gasteiger partial charge is 0.299 e. The molecule has 1 nitrogen and oxygen atoms in total. The molecule has 3 aliphatic carbocycles. The van der Waals surface area contributed by atoms with Crippen LogP contribution >= 0.6 is 11.6 Å². The fourth-order valence-corrected chi connectivity index (χ4v) is 5.27. The number of allylic oxidation sites excluding steroid dienone is 2. The van der Waals surface area contributed by atoms with E-state index in [-0.39, 0.29) is 5.41 Å². The standard InChI is InChI=1S/C20H17ClO/c21-18-3-1-2-13-9-14-5-7-19(22)20(17(14)10-16(13)18)11-12-4-6-15(20)8-12/h1-4,9-10,15H,5-8,11H2. The van der Waals surface area contributed by atoms with Gasteiger partial charge < -0.3 is 0 Å². The molecule has 1 saturated carbocycles. The van der Waals surface area contributed by atoms with E-state index in [1.54, 1.807) is 0 Å². The van der Waals surface area contributed by atoms with E-state index in [1.165, 1.54) is 22.1 Å². The van der Waals surface area contributed by atoms with Crippen molar-refractivity contribution in [2.75, 3.05) is 0 Å². The molecule has 2 aromatic rings. The smallest absolute Gasteiger partial charge is 0.144 e. The van der Waals surface area contributed by atoms with Gasteiger partial charge in [0, 0.05) is 16.8 Å². The predicted octanol–water partition coefficient (Wildman–Crippen LogP) is 4.99. The number of ketones is 1. The first-order valence-corrected chi connectivity index (χ1v) is 8.49. The first kappa shape index (κ1) is 12.9. The molecule has 2 aromatic carbocycles. The van der Waals surface area contributed by atoms with E-state index < -0.39 is 0 Å². The van der Waals surface area contributed by atoms with Crippen molar-refractivity contribution >= 4 is 28.2 Å². The van der Waals surface area contributed by atoms with Crippen molar-refractivity contribution in [1.82, 2.24) is 0 Å². The highest BCUT2D eigenvalue weighted by atomic mass is 35.5. The van der Waals surface area contributed by atoms with Gasteiger partial charge >= 0.3 is 0 Å². The van der Waals surface area contributed by atoms with Crippen LogP contribution in [0, 0.1) is 5.92 Å². The van der Waals surface area contributed by atoms with E-state index in [4.69, 9.17) is 11.6 Å². The number of fused-ring (bicyclic) bond motifs is 6. The maximum atomic E-state index is 12.9. The second-order valence-electron chi connectivity index (χ2n) is 7.04. The van der Waals surface area contributed by atoms with Crippen molar-refractivity contribution in [2.45, 2.75) is 37.5 Å². The molecule has 5 rings (SSSR count). The van der Waals surface area contributed by atoms with Crippen LogP contribution in [0.1, 0.15) is 36.8 Å². The van der Waals surface area contributed by atoms with Gasteiger partial charge in [0.25, 0.3) is 0 Å². The SMILES string of the molecule is O=C1CCc2cc3cccc(Cl)c3cc2C12CC1=CCC2C1. The minimum absolute atomic E-state index is 0.245. The zero-order chi connectivity index (χ0) is 14.9. The predicted molar refractivity (Wildman–Crippen MR) is 89.4 cm³/mol. The van der Waals surface area contributed by atoms with Gasteiger partial charge in [0.05, 0.1) is 5.41 Å². The average Bonchev–Trinajstić information content (AvgIpc) is 3.12. The number of Topliss-reactive ketones (excluding diaryl/α,β-unsaturated/α-hetero) is 1. The molecule has 0 aliphatic heterocycles. The summed E-state index contributed by atoms with van der Waals surface area (Å²) in [6.45, 7) is 0. The van der Waals surface area contributed by atoms with Gasteiger partial charge in [-0.2, -0.15) is 0 Å². The monoisotopic (exact) mass is 308 g/mol. The highest BCUT2D eigenvalue weighted by molar-refractivity contribution is 6.35. The molecule has 110 valence electrons. The summed E-state index contributed by atoms with van der Waals surface area (Å²) >= 11 is 6.41. The summed E-state index contributed by atoms with van der Waals surface area (Å²) < 4.78 is 0. The molecular formula is C20H17ClO. The lowest BCUT2D eigenvalue weighted by Gasteiger charge is -2.40. The van der Waals surface area contributed by atoms with E-state index in [1.807, 2.05) is 12.1 Å². The normalized spacial score (nSPS) is 29.2. The zero-order valence-electron chi connectivity index (χ0n) is 12.4. The lowest BCUT2D eigenvalue weighted by molar-refractivity contribution is -0.126. The van der Waals surface area contributed by atoms with Crippen LogP contribution in [0.4, 0.5) is 0 Å². The van der Waals surface area contributed by atoms with E-state index in [2.05, 4.69) is 24.3 Å². The van der Waals surface area contributed by atoms with Crippen LogP contribution in [0.25, 0.3) is 10.8 Å². The summed E-state index contributed by atoms with van der Waals surface area (Å²) in [5, 5.41) is 3.07. The zero-order valence-corrected chi connectivity index (χ0v) is 13.1. The van der Waals surface area contributed by atoms with E-state index in [9.17, 15) is 4.79 Å². The molecule has 0 radical (unpaired) electrons. The lowest BCUT2D eigenvalue weighted by Crippen LogP contribution is -2.43. The molecule has 0 N–H and O–H groups in total. The Morgan fingerprint density at radius 1 is 1.18 bits per heavy atom. The molecule has 0 aromatic heterocycles. The second kappa shape index (κ2) is 4.23. The van der Waals surface area contributed by atoms with Gasteiger partial charge in [-0.15, -0.1) is 0 Å². The van der Waals surface area contributed by atoms with E-state index in [0.717, 1.165) is 36.1 Å². The van der Waals surface area contributed by atoms with Crippen molar-refractivity contribution in [3.05, 3.63) is 58.1 Å². The van der Waals surface area contributed by atoms with Crippen LogP contribution in [-0.4, -0.2) is 5.78 Å². The summed E-state index contributed by atoms with van der Waals surface area (Å²) in [7, 11) is 0. The number of aryl methyl sites for hydroxylation is 1. The number of hydrogen-bond acceptors (Lipinski definition) is 1. The Labute approximate surface area is 135 Å². The van der Waals surface area contributed by atoms with Gasteiger partial charge in [-0.3, -0.25) is 4.79 Å². The highest BCUT2D eigenvalue weighted by Crippen LogP contribution is 2.57. The minimum atomic E-state index is -0.245. The Bertz CT molecular complexity index is 863. The molecule has 3 aliphatic rings. The summed E-state index contributed by atoms with van der Waals surface area (Å²) in [5.41, 5.74) is 3.89. The minimum Gasteiger partial charge on any atom is -0.299 e. The van der Waals surface area contributed by atoms with Gasteiger partial charge in [-0.05, 0) is 60.2 Å². The van der Waals surface area contributed by atoms with Crippen LogP contribution < -0.4 is 0 Å². The Hall–Kier alpha value is -1.60. The molecule has 0 saturated heterocycles. The maximum absolute atomic E-state index is 12.9. The number of hydrogen-bond donors (Lipinski definition) is 0. The van der Waals surface area contributed by atoms with Crippen LogP contribution in [0.15, 0.2) is 42.0 Å². The summed E-state index contributed by atoms with van der Waals surface area (Å²) in [4.78, 5) is 12.9. The van der Waals surface area contributed by atoms with Crippen LogP contribution in [0.3, 0.4) is 0 Å². The fraction of sp³-hybridized carbons (Fsp3) is 0.350. The molecule has 0 amide bonds. The van der Waals surface area contributed by atoms with E-state index >= 15 is 0 Å². The Morgan fingerprint density at radius 3 is 2.86 bits per heavy atom. The molecule has 1 fully saturated rings. The van der Waals surface area contributed by atoms with Gasteiger partial charge in [-0.25, -0.2) is 0 Å². The van der Waals surface area contributed by atoms with Gasteiger partial charge in [0.2, 0.25) is 0 Å². The first-order valence-electron chi connectivity index (χ1n) is 8.11. The van der Waals surface area contributed by atoms with Gasteiger partial charge in [0.1, 0.15) is 5.78 Å². The number of carbonyl (C=O) groups is 1. The summed E-state index contributed by atoms with van der Waals surface area (Å²) in [5.74, 6) is 0.938. The maximum Gasteiger partial charge on any atom is 0.144 e. The van der Waals surface area contributed by atoms with Gasteiger partial charge in [0.15, 0.2) is 0 Å². The molecule has 22 heavy (non-hydrogen) atoms. The third-order valence-electron chi connectivity index (χ3n) is 6.05. The van der Waals surface area contributed by atoms with Crippen LogP contribution in [0.5, 0.6) is 0 Å². The first-order chi connectivity index (χ1) is 10.7. The van der Waals surface area contributed by atoms with E-state index in [0.29, 0.717) is 18.1 Å². The Balaban J connectivity index is 1.82. The fourth-order valence-electron chi connectivity index (χ4n) is 5.03.